The molecule has 23 heavy (non-hydrogen) atoms. The van der Waals surface area contributed by atoms with E-state index in [-0.39, 0.29) is 23.6 Å². The van der Waals surface area contributed by atoms with Crippen LogP contribution in [0, 0.1) is 10.1 Å². The Bertz CT molecular complexity index is 757. The second-order valence-electron chi connectivity index (χ2n) is 4.23. The molecule has 1 aromatic heterocycles. The summed E-state index contributed by atoms with van der Waals surface area (Å²) in [5.74, 6) is -0.848. The fraction of sp³-hybridized carbons (Fsp3) is 0.250. The molecule has 1 heterocycles. The van der Waals surface area contributed by atoms with Crippen LogP contribution in [0.3, 0.4) is 0 Å². The first kappa shape index (κ1) is 16.4. The quantitative estimate of drug-likeness (QED) is 0.524. The normalized spacial score (nSPS) is 11.3. The van der Waals surface area contributed by atoms with Crippen LogP contribution in [-0.4, -0.2) is 32.9 Å². The number of carbonyl (C=O) groups excluding carboxylic acids is 1. The largest absolute Gasteiger partial charge is 0.461 e. The number of alkyl halides is 3. The number of H-pyrrole nitrogens is 1. The molecule has 0 atom stereocenters. The second kappa shape index (κ2) is 6.02. The monoisotopic (exact) mass is 330 g/mol. The Kier molecular flexibility index (Phi) is 4.29. The smallest absolute Gasteiger partial charge is 0.422 e. The Balaban J connectivity index is 2.55. The zero-order valence-electron chi connectivity index (χ0n) is 11.5. The van der Waals surface area contributed by atoms with Crippen LogP contribution in [0.5, 0.6) is 0 Å². The van der Waals surface area contributed by atoms with E-state index in [1.807, 2.05) is 0 Å². The van der Waals surface area contributed by atoms with Gasteiger partial charge in [0, 0.05) is 11.6 Å². The highest BCUT2D eigenvalue weighted by Crippen LogP contribution is 2.38. The number of nitrogens with zero attached hydrogens (tertiary/aromatic N) is 3. The maximum Gasteiger partial charge on any atom is 0.422 e. The Labute approximate surface area is 126 Å². The minimum absolute atomic E-state index is 0.0539. The maximum absolute atomic E-state index is 12.8. The average Bonchev–Trinajstić information content (AvgIpc) is 2.95. The van der Waals surface area contributed by atoms with Crippen molar-refractivity contribution in [3.05, 3.63) is 39.6 Å². The molecule has 0 bridgehead atoms. The van der Waals surface area contributed by atoms with E-state index in [4.69, 9.17) is 4.74 Å². The van der Waals surface area contributed by atoms with Gasteiger partial charge in [0.15, 0.2) is 5.69 Å². The first-order chi connectivity index (χ1) is 10.8. The minimum Gasteiger partial charge on any atom is -0.461 e. The Morgan fingerprint density at radius 1 is 1.39 bits per heavy atom. The molecule has 2 aromatic rings. The van der Waals surface area contributed by atoms with Crippen molar-refractivity contribution in [2.24, 2.45) is 0 Å². The highest BCUT2D eigenvalue weighted by molar-refractivity contribution is 5.94. The Morgan fingerprint density at radius 3 is 2.65 bits per heavy atom. The van der Waals surface area contributed by atoms with Crippen LogP contribution in [-0.2, 0) is 10.9 Å². The van der Waals surface area contributed by atoms with Crippen LogP contribution in [0.2, 0.25) is 0 Å². The second-order valence-corrected chi connectivity index (χ2v) is 4.23. The molecule has 1 aromatic carbocycles. The standard InChI is InChI=1S/C12H9F3N4O4/c1-2-23-11(20)10-9(16-18-17-10)6-3-4-7(12(13,14)15)8(5-6)19(21)22/h3-5H,2H2,1H3,(H,16,17,18). The molecule has 8 nitrogen and oxygen atoms in total. The number of nitro groups is 1. The third-order valence-electron chi connectivity index (χ3n) is 2.79. The topological polar surface area (TPSA) is 111 Å². The molecule has 1 N–H and O–H groups in total. The fourth-order valence-electron chi connectivity index (χ4n) is 1.84. The molecule has 0 radical (unpaired) electrons. The number of hydrogen-bond donors (Lipinski definition) is 1. The first-order valence-electron chi connectivity index (χ1n) is 6.19. The highest BCUT2D eigenvalue weighted by Gasteiger charge is 2.38. The molecule has 0 amide bonds. The fourth-order valence-corrected chi connectivity index (χ4v) is 1.84. The average molecular weight is 330 g/mol. The molecule has 0 fully saturated rings. The van der Waals surface area contributed by atoms with Gasteiger partial charge in [0.1, 0.15) is 11.3 Å². The summed E-state index contributed by atoms with van der Waals surface area (Å²) in [7, 11) is 0. The van der Waals surface area contributed by atoms with Crippen molar-refractivity contribution >= 4 is 11.7 Å². The van der Waals surface area contributed by atoms with Gasteiger partial charge < -0.3 is 4.74 Å². The van der Waals surface area contributed by atoms with Crippen molar-refractivity contribution in [3.8, 4) is 11.3 Å². The van der Waals surface area contributed by atoms with Crippen LogP contribution >= 0.6 is 0 Å². The van der Waals surface area contributed by atoms with Crippen molar-refractivity contribution in [3.63, 3.8) is 0 Å². The molecular formula is C12H9F3N4O4. The lowest BCUT2D eigenvalue weighted by atomic mass is 10.1. The SMILES string of the molecule is CCOC(=O)c1n[nH]nc1-c1ccc(C(F)(F)F)c([N+](=O)[O-])c1. The van der Waals surface area contributed by atoms with E-state index in [1.165, 1.54) is 0 Å². The summed E-state index contributed by atoms with van der Waals surface area (Å²) in [6.45, 7) is 1.61. The number of benzene rings is 1. The highest BCUT2D eigenvalue weighted by atomic mass is 19.4. The van der Waals surface area contributed by atoms with Gasteiger partial charge in [-0.15, -0.1) is 5.10 Å². The molecule has 11 heteroatoms. The minimum atomic E-state index is -4.88. The molecule has 0 unspecified atom stereocenters. The van der Waals surface area contributed by atoms with Crippen LogP contribution in [0.15, 0.2) is 18.2 Å². The number of aromatic amines is 1. The van der Waals surface area contributed by atoms with Crippen molar-refractivity contribution < 1.29 is 27.6 Å². The molecule has 0 saturated carbocycles. The van der Waals surface area contributed by atoms with Gasteiger partial charge in [0.05, 0.1) is 11.5 Å². The van der Waals surface area contributed by atoms with E-state index in [9.17, 15) is 28.1 Å². The Hall–Kier alpha value is -2.98. The van der Waals surface area contributed by atoms with Crippen LogP contribution in [0.4, 0.5) is 18.9 Å². The number of esters is 1. The summed E-state index contributed by atoms with van der Waals surface area (Å²) < 4.78 is 43.1. The number of rotatable bonds is 4. The number of carbonyl (C=O) groups is 1. The number of ether oxygens (including phenoxy) is 1. The van der Waals surface area contributed by atoms with Gasteiger partial charge in [0.2, 0.25) is 0 Å². The summed E-state index contributed by atoms with van der Waals surface area (Å²) in [6, 6.07) is 2.21. The number of aromatic nitrogens is 3. The molecule has 0 spiro atoms. The molecule has 0 saturated heterocycles. The number of hydrogen-bond acceptors (Lipinski definition) is 6. The predicted molar refractivity (Wildman–Crippen MR) is 69.4 cm³/mol. The van der Waals surface area contributed by atoms with E-state index in [0.717, 1.165) is 6.07 Å². The molecule has 0 aliphatic carbocycles. The summed E-state index contributed by atoms with van der Waals surface area (Å²) in [6.07, 6.45) is -4.88. The van der Waals surface area contributed by atoms with Crippen molar-refractivity contribution in [1.29, 1.82) is 0 Å². The Morgan fingerprint density at radius 2 is 2.09 bits per heavy atom. The molecule has 2 rings (SSSR count). The molecule has 0 aliphatic rings. The van der Waals surface area contributed by atoms with Crippen LogP contribution < -0.4 is 0 Å². The summed E-state index contributed by atoms with van der Waals surface area (Å²) in [4.78, 5) is 21.4. The number of nitrogens with one attached hydrogen (secondary N) is 1. The van der Waals surface area contributed by atoms with Crippen molar-refractivity contribution in [1.82, 2.24) is 15.4 Å². The zero-order valence-corrected chi connectivity index (χ0v) is 11.5. The van der Waals surface area contributed by atoms with Gasteiger partial charge >= 0.3 is 12.1 Å². The van der Waals surface area contributed by atoms with Gasteiger partial charge in [0.25, 0.3) is 5.69 Å². The predicted octanol–water partition coefficient (Wildman–Crippen LogP) is 2.58. The van der Waals surface area contributed by atoms with Crippen LogP contribution in [0.1, 0.15) is 23.0 Å². The van der Waals surface area contributed by atoms with Crippen molar-refractivity contribution in [2.45, 2.75) is 13.1 Å². The number of nitro benzene ring substituents is 1. The van der Waals surface area contributed by atoms with E-state index >= 15 is 0 Å². The van der Waals surface area contributed by atoms with Gasteiger partial charge in [-0.1, -0.05) is 6.07 Å². The van der Waals surface area contributed by atoms with Crippen molar-refractivity contribution in [2.75, 3.05) is 6.61 Å². The first-order valence-corrected chi connectivity index (χ1v) is 6.19. The van der Waals surface area contributed by atoms with E-state index in [0.29, 0.717) is 12.1 Å². The maximum atomic E-state index is 12.8. The lowest BCUT2D eigenvalue weighted by molar-refractivity contribution is -0.388. The van der Waals surface area contributed by atoms with Gasteiger partial charge in [-0.25, -0.2) is 4.79 Å². The lowest BCUT2D eigenvalue weighted by Gasteiger charge is -2.08. The molecule has 122 valence electrons. The lowest BCUT2D eigenvalue weighted by Crippen LogP contribution is -2.09. The summed E-state index contributed by atoms with van der Waals surface area (Å²) in [5, 5.41) is 20.2. The molecular weight excluding hydrogens is 321 g/mol. The number of halogens is 3. The summed E-state index contributed by atoms with van der Waals surface area (Å²) >= 11 is 0. The van der Waals surface area contributed by atoms with Gasteiger partial charge in [-0.2, -0.15) is 23.5 Å². The third-order valence-corrected chi connectivity index (χ3v) is 2.79. The van der Waals surface area contributed by atoms with E-state index in [1.54, 1.807) is 6.92 Å². The van der Waals surface area contributed by atoms with Gasteiger partial charge in [-0.3, -0.25) is 10.1 Å². The van der Waals surface area contributed by atoms with Crippen LogP contribution in [0.25, 0.3) is 11.3 Å². The zero-order chi connectivity index (χ0) is 17.2. The van der Waals surface area contributed by atoms with E-state index in [2.05, 4.69) is 15.4 Å². The third kappa shape index (κ3) is 3.27. The summed E-state index contributed by atoms with van der Waals surface area (Å²) in [5.41, 5.74) is -3.03. The van der Waals surface area contributed by atoms with Gasteiger partial charge in [-0.05, 0) is 13.0 Å². The molecule has 0 aliphatic heterocycles. The van der Waals surface area contributed by atoms with E-state index < -0.39 is 28.3 Å².